The van der Waals surface area contributed by atoms with Gasteiger partial charge in [-0.05, 0) is 23.8 Å². The lowest BCUT2D eigenvalue weighted by Crippen LogP contribution is -2.10. The molecular formula is C15H14F3NO. The van der Waals surface area contributed by atoms with Gasteiger partial charge in [0.25, 0.3) is 0 Å². The summed E-state index contributed by atoms with van der Waals surface area (Å²) in [4.78, 5) is 0. The molecule has 20 heavy (non-hydrogen) atoms. The van der Waals surface area contributed by atoms with Crippen molar-refractivity contribution in [2.45, 2.75) is 12.6 Å². The molecule has 0 saturated heterocycles. The third-order valence-electron chi connectivity index (χ3n) is 2.83. The van der Waals surface area contributed by atoms with Crippen LogP contribution in [0.4, 0.5) is 18.9 Å². The zero-order valence-electron chi connectivity index (χ0n) is 10.7. The molecule has 106 valence electrons. The Kier molecular flexibility index (Phi) is 4.17. The molecule has 0 atom stereocenters. The Hall–Kier alpha value is -2.17. The first-order valence-corrected chi connectivity index (χ1v) is 6.10. The maximum Gasteiger partial charge on any atom is 0.418 e. The van der Waals surface area contributed by atoms with Crippen molar-refractivity contribution in [3.8, 4) is 5.75 Å². The SMILES string of the molecule is Nc1ccc(OCCc2ccccc2)cc1C(F)(F)F. The molecule has 0 amide bonds. The highest BCUT2D eigenvalue weighted by Gasteiger charge is 2.33. The number of ether oxygens (including phenoxy) is 1. The number of benzene rings is 2. The molecule has 2 rings (SSSR count). The summed E-state index contributed by atoms with van der Waals surface area (Å²) in [5.74, 6) is 0.169. The summed E-state index contributed by atoms with van der Waals surface area (Å²) in [5.41, 5.74) is 5.22. The van der Waals surface area contributed by atoms with Crippen LogP contribution in [0.1, 0.15) is 11.1 Å². The first-order chi connectivity index (χ1) is 9.47. The lowest BCUT2D eigenvalue weighted by atomic mass is 10.1. The van der Waals surface area contributed by atoms with Gasteiger partial charge in [-0.2, -0.15) is 13.2 Å². The molecule has 2 N–H and O–H groups in total. The molecule has 0 saturated carbocycles. The largest absolute Gasteiger partial charge is 0.493 e. The lowest BCUT2D eigenvalue weighted by molar-refractivity contribution is -0.137. The average Bonchev–Trinajstić information content (AvgIpc) is 2.40. The van der Waals surface area contributed by atoms with E-state index >= 15 is 0 Å². The van der Waals surface area contributed by atoms with Crippen molar-refractivity contribution in [2.75, 3.05) is 12.3 Å². The third-order valence-corrected chi connectivity index (χ3v) is 2.83. The van der Waals surface area contributed by atoms with E-state index in [1.807, 2.05) is 30.3 Å². The second-order valence-electron chi connectivity index (χ2n) is 4.33. The van der Waals surface area contributed by atoms with Gasteiger partial charge in [0.2, 0.25) is 0 Å². The monoisotopic (exact) mass is 281 g/mol. The van der Waals surface area contributed by atoms with Crippen LogP contribution >= 0.6 is 0 Å². The van der Waals surface area contributed by atoms with Crippen LogP contribution in [0.25, 0.3) is 0 Å². The lowest BCUT2D eigenvalue weighted by Gasteiger charge is -2.12. The van der Waals surface area contributed by atoms with Crippen molar-refractivity contribution >= 4 is 5.69 Å². The number of alkyl halides is 3. The van der Waals surface area contributed by atoms with E-state index in [0.717, 1.165) is 11.6 Å². The van der Waals surface area contributed by atoms with Crippen molar-refractivity contribution < 1.29 is 17.9 Å². The number of nitrogen functional groups attached to an aromatic ring is 1. The minimum Gasteiger partial charge on any atom is -0.493 e. The van der Waals surface area contributed by atoms with Crippen molar-refractivity contribution in [3.63, 3.8) is 0 Å². The summed E-state index contributed by atoms with van der Waals surface area (Å²) < 4.78 is 43.4. The fourth-order valence-electron chi connectivity index (χ4n) is 1.80. The zero-order valence-corrected chi connectivity index (χ0v) is 10.7. The number of hydrogen-bond acceptors (Lipinski definition) is 2. The van der Waals surface area contributed by atoms with Gasteiger partial charge < -0.3 is 10.5 Å². The minimum absolute atomic E-state index is 0.169. The van der Waals surface area contributed by atoms with Crippen LogP contribution in [0.2, 0.25) is 0 Å². The van der Waals surface area contributed by atoms with Gasteiger partial charge in [-0.15, -0.1) is 0 Å². The molecule has 0 aliphatic carbocycles. The molecule has 0 fully saturated rings. The van der Waals surface area contributed by atoms with E-state index in [0.29, 0.717) is 13.0 Å². The van der Waals surface area contributed by atoms with Gasteiger partial charge in [-0.1, -0.05) is 30.3 Å². The number of anilines is 1. The number of rotatable bonds is 4. The number of halogens is 3. The third kappa shape index (κ3) is 3.66. The molecule has 0 bridgehead atoms. The summed E-state index contributed by atoms with van der Waals surface area (Å²) in [6.45, 7) is 0.311. The molecular weight excluding hydrogens is 267 g/mol. The molecule has 0 aliphatic rings. The summed E-state index contributed by atoms with van der Waals surface area (Å²) in [6.07, 6.45) is -3.84. The molecule has 0 spiro atoms. The quantitative estimate of drug-likeness (QED) is 0.862. The van der Waals surface area contributed by atoms with Gasteiger partial charge in [0, 0.05) is 12.1 Å². The highest BCUT2D eigenvalue weighted by molar-refractivity contribution is 5.51. The highest BCUT2D eigenvalue weighted by atomic mass is 19.4. The molecule has 0 unspecified atom stereocenters. The smallest absolute Gasteiger partial charge is 0.418 e. The minimum atomic E-state index is -4.47. The van der Waals surface area contributed by atoms with Gasteiger partial charge in [0.05, 0.1) is 12.2 Å². The maximum atomic E-state index is 12.7. The average molecular weight is 281 g/mol. The Morgan fingerprint density at radius 2 is 1.70 bits per heavy atom. The van der Waals surface area contributed by atoms with Crippen molar-refractivity contribution in [1.82, 2.24) is 0 Å². The summed E-state index contributed by atoms with van der Waals surface area (Å²) in [5, 5.41) is 0. The number of hydrogen-bond donors (Lipinski definition) is 1. The predicted octanol–water partition coefficient (Wildman–Crippen LogP) is 3.91. The Morgan fingerprint density at radius 3 is 2.35 bits per heavy atom. The normalized spacial score (nSPS) is 11.3. The molecule has 2 nitrogen and oxygen atoms in total. The molecule has 2 aromatic carbocycles. The van der Waals surface area contributed by atoms with E-state index in [1.54, 1.807) is 0 Å². The van der Waals surface area contributed by atoms with E-state index in [9.17, 15) is 13.2 Å². The topological polar surface area (TPSA) is 35.2 Å². The van der Waals surface area contributed by atoms with Gasteiger partial charge >= 0.3 is 6.18 Å². The predicted molar refractivity (Wildman–Crippen MR) is 71.5 cm³/mol. The second kappa shape index (κ2) is 5.86. The first kappa shape index (κ1) is 14.2. The Labute approximate surface area is 115 Å². The van der Waals surface area contributed by atoms with E-state index < -0.39 is 11.7 Å². The summed E-state index contributed by atoms with van der Waals surface area (Å²) >= 11 is 0. The molecule has 5 heteroatoms. The zero-order chi connectivity index (χ0) is 14.6. The van der Waals surface area contributed by atoms with Crippen LogP contribution < -0.4 is 10.5 Å². The first-order valence-electron chi connectivity index (χ1n) is 6.10. The van der Waals surface area contributed by atoms with Gasteiger partial charge in [0.1, 0.15) is 5.75 Å². The molecule has 2 aromatic rings. The Morgan fingerprint density at radius 1 is 1.00 bits per heavy atom. The van der Waals surface area contributed by atoms with E-state index in [1.165, 1.54) is 12.1 Å². The Balaban J connectivity index is 2.00. The van der Waals surface area contributed by atoms with Gasteiger partial charge in [0.15, 0.2) is 0 Å². The standard InChI is InChI=1S/C15H14F3NO/c16-15(17,18)13-10-12(6-7-14(13)19)20-9-8-11-4-2-1-3-5-11/h1-7,10H,8-9,19H2. The fourth-order valence-corrected chi connectivity index (χ4v) is 1.80. The summed E-state index contributed by atoms with van der Waals surface area (Å²) in [7, 11) is 0. The Bertz CT molecular complexity index is 567. The molecule has 0 aromatic heterocycles. The van der Waals surface area contributed by atoms with E-state index in [2.05, 4.69) is 0 Å². The van der Waals surface area contributed by atoms with Crippen LogP contribution in [0.5, 0.6) is 5.75 Å². The van der Waals surface area contributed by atoms with Crippen molar-refractivity contribution in [2.24, 2.45) is 0 Å². The molecule has 0 aliphatic heterocycles. The second-order valence-corrected chi connectivity index (χ2v) is 4.33. The fraction of sp³-hybridized carbons (Fsp3) is 0.200. The van der Waals surface area contributed by atoms with Crippen LogP contribution in [0, 0.1) is 0 Å². The van der Waals surface area contributed by atoms with Crippen LogP contribution in [-0.2, 0) is 12.6 Å². The van der Waals surface area contributed by atoms with Gasteiger partial charge in [-0.3, -0.25) is 0 Å². The molecule has 0 heterocycles. The van der Waals surface area contributed by atoms with E-state index in [4.69, 9.17) is 10.5 Å². The van der Waals surface area contributed by atoms with Crippen LogP contribution in [0.15, 0.2) is 48.5 Å². The van der Waals surface area contributed by atoms with Crippen molar-refractivity contribution in [1.29, 1.82) is 0 Å². The molecule has 0 radical (unpaired) electrons. The number of nitrogens with two attached hydrogens (primary N) is 1. The van der Waals surface area contributed by atoms with Crippen molar-refractivity contribution in [3.05, 3.63) is 59.7 Å². The maximum absolute atomic E-state index is 12.7. The van der Waals surface area contributed by atoms with Crippen LogP contribution in [0.3, 0.4) is 0 Å². The highest BCUT2D eigenvalue weighted by Crippen LogP contribution is 2.35. The van der Waals surface area contributed by atoms with E-state index in [-0.39, 0.29) is 11.4 Å². The summed E-state index contributed by atoms with van der Waals surface area (Å²) in [6, 6.07) is 13.2. The van der Waals surface area contributed by atoms with Gasteiger partial charge in [-0.25, -0.2) is 0 Å². The van der Waals surface area contributed by atoms with Crippen LogP contribution in [-0.4, -0.2) is 6.61 Å².